The Bertz CT molecular complexity index is 714. The number of aliphatic imine (C=N–C) groups is 1. The molecule has 4 saturated carbocycles. The number of rotatable bonds is 2. The highest BCUT2D eigenvalue weighted by molar-refractivity contribution is 5.79. The van der Waals surface area contributed by atoms with Gasteiger partial charge in [0.15, 0.2) is 0 Å². The van der Waals surface area contributed by atoms with Crippen LogP contribution in [0, 0.1) is 28.6 Å². The Hall–Kier alpha value is -1.18. The maximum Gasteiger partial charge on any atom is 0.209 e. The van der Waals surface area contributed by atoms with E-state index in [2.05, 4.69) is 22.4 Å². The zero-order valence-electron chi connectivity index (χ0n) is 18.1. The smallest absolute Gasteiger partial charge is 0.209 e. The molecule has 29 heavy (non-hydrogen) atoms. The minimum atomic E-state index is -1.17. The van der Waals surface area contributed by atoms with Gasteiger partial charge < -0.3 is 21.1 Å². The van der Waals surface area contributed by atoms with Crippen LogP contribution in [0.4, 0.5) is 0 Å². The van der Waals surface area contributed by atoms with E-state index in [0.29, 0.717) is 24.7 Å². The summed E-state index contributed by atoms with van der Waals surface area (Å²) in [5, 5.41) is 38.0. The molecular formula is C22H38N4O3. The molecule has 7 heteroatoms. The second-order valence-corrected chi connectivity index (χ2v) is 10.6. The van der Waals surface area contributed by atoms with Gasteiger partial charge in [-0.3, -0.25) is 4.99 Å². The highest BCUT2D eigenvalue weighted by atomic mass is 16.3. The van der Waals surface area contributed by atoms with E-state index in [4.69, 9.17) is 5.73 Å². The van der Waals surface area contributed by atoms with Crippen molar-refractivity contribution in [1.82, 2.24) is 5.43 Å². The third kappa shape index (κ3) is 2.87. The lowest BCUT2D eigenvalue weighted by Crippen LogP contribution is -2.65. The van der Waals surface area contributed by atoms with Gasteiger partial charge in [0.2, 0.25) is 5.96 Å². The third-order valence-corrected chi connectivity index (χ3v) is 9.73. The summed E-state index contributed by atoms with van der Waals surface area (Å²) in [5.74, 6) is 1.38. The molecule has 0 amide bonds. The van der Waals surface area contributed by atoms with Crippen molar-refractivity contribution < 1.29 is 15.3 Å². The molecule has 0 radical (unpaired) electrons. The van der Waals surface area contributed by atoms with Gasteiger partial charge in [0.05, 0.1) is 17.9 Å². The molecule has 164 valence electrons. The number of nitrogens with one attached hydrogen (secondary N) is 1. The van der Waals surface area contributed by atoms with Crippen LogP contribution in [0.5, 0.6) is 0 Å². The van der Waals surface area contributed by atoms with E-state index in [1.165, 1.54) is 6.21 Å². The molecule has 4 aliphatic carbocycles. The lowest BCUT2D eigenvalue weighted by Gasteiger charge is -2.64. The van der Waals surface area contributed by atoms with Gasteiger partial charge in [-0.15, -0.1) is 0 Å². The number of fused-ring (bicyclic) bond motifs is 5. The Balaban J connectivity index is 1.61. The Kier molecular flexibility index (Phi) is 5.03. The number of hydrogen-bond acceptors (Lipinski definition) is 5. The normalized spacial score (nSPS) is 52.7. The summed E-state index contributed by atoms with van der Waals surface area (Å²) in [4.78, 5) is 3.81. The molecule has 4 fully saturated rings. The first kappa shape index (κ1) is 21.1. The predicted molar refractivity (Wildman–Crippen MR) is 113 cm³/mol. The van der Waals surface area contributed by atoms with E-state index in [9.17, 15) is 15.3 Å². The molecule has 0 heterocycles. The number of nitrogens with zero attached hydrogens (tertiary/aromatic N) is 2. The number of aliphatic hydroxyl groups excluding tert-OH is 1. The van der Waals surface area contributed by atoms with Gasteiger partial charge in [-0.05, 0) is 81.0 Å². The van der Waals surface area contributed by atoms with Crippen LogP contribution in [0.3, 0.4) is 0 Å². The average molecular weight is 407 g/mol. The molecule has 8 atom stereocenters. The minimum absolute atomic E-state index is 0.166. The first-order valence-corrected chi connectivity index (χ1v) is 11.2. The zero-order valence-corrected chi connectivity index (χ0v) is 18.1. The fourth-order valence-corrected chi connectivity index (χ4v) is 7.72. The van der Waals surface area contributed by atoms with E-state index in [0.717, 1.165) is 44.9 Å². The first-order valence-electron chi connectivity index (χ1n) is 11.2. The molecule has 0 spiro atoms. The minimum Gasteiger partial charge on any atom is -0.393 e. The SMILES string of the molecule is CN=C(N)N/N=C/[C@@]1(O)CC[C@]2(O)[C@@H]3CC[C@@H]4C[C@@H](O)CC[C@]4(C)[C@H]3CC[C@]12C. The van der Waals surface area contributed by atoms with Crippen molar-refractivity contribution >= 4 is 12.2 Å². The fraction of sp³-hybridized carbons (Fsp3) is 0.909. The Morgan fingerprint density at radius 1 is 1.03 bits per heavy atom. The fourth-order valence-electron chi connectivity index (χ4n) is 7.72. The maximum absolute atomic E-state index is 12.1. The first-order chi connectivity index (χ1) is 13.6. The Labute approximate surface area is 173 Å². The molecule has 0 aromatic heterocycles. The van der Waals surface area contributed by atoms with Crippen LogP contribution in [0.1, 0.15) is 71.6 Å². The van der Waals surface area contributed by atoms with E-state index >= 15 is 0 Å². The summed E-state index contributed by atoms with van der Waals surface area (Å²) in [6, 6.07) is 0. The third-order valence-electron chi connectivity index (χ3n) is 9.73. The van der Waals surface area contributed by atoms with Gasteiger partial charge in [0.1, 0.15) is 5.60 Å². The maximum atomic E-state index is 12.1. The van der Waals surface area contributed by atoms with Gasteiger partial charge in [0.25, 0.3) is 0 Å². The van der Waals surface area contributed by atoms with Crippen LogP contribution in [0.2, 0.25) is 0 Å². The monoisotopic (exact) mass is 406 g/mol. The second-order valence-electron chi connectivity index (χ2n) is 10.6. The van der Waals surface area contributed by atoms with Gasteiger partial charge in [0, 0.05) is 12.5 Å². The number of guanidine groups is 1. The van der Waals surface area contributed by atoms with Crippen molar-refractivity contribution in [2.45, 2.75) is 88.9 Å². The molecular weight excluding hydrogens is 368 g/mol. The van der Waals surface area contributed by atoms with Crippen molar-refractivity contribution in [2.75, 3.05) is 7.05 Å². The molecule has 7 nitrogen and oxygen atoms in total. The van der Waals surface area contributed by atoms with E-state index in [-0.39, 0.29) is 23.4 Å². The second kappa shape index (κ2) is 6.92. The lowest BCUT2D eigenvalue weighted by molar-refractivity contribution is -0.223. The topological polar surface area (TPSA) is 123 Å². The van der Waals surface area contributed by atoms with Crippen molar-refractivity contribution in [1.29, 1.82) is 0 Å². The van der Waals surface area contributed by atoms with Gasteiger partial charge in [-0.1, -0.05) is 13.8 Å². The van der Waals surface area contributed by atoms with Crippen LogP contribution < -0.4 is 11.2 Å². The molecule has 0 aliphatic heterocycles. The number of aliphatic hydroxyl groups is 3. The van der Waals surface area contributed by atoms with Crippen molar-refractivity contribution in [3.63, 3.8) is 0 Å². The van der Waals surface area contributed by atoms with Gasteiger partial charge in [-0.25, -0.2) is 5.43 Å². The number of nitrogens with two attached hydrogens (primary N) is 1. The van der Waals surface area contributed by atoms with Crippen LogP contribution in [0.25, 0.3) is 0 Å². The summed E-state index contributed by atoms with van der Waals surface area (Å²) >= 11 is 0. The molecule has 0 aromatic rings. The average Bonchev–Trinajstić information content (AvgIpc) is 2.90. The molecule has 0 saturated heterocycles. The number of hydrogen-bond donors (Lipinski definition) is 5. The molecule has 4 rings (SSSR count). The Morgan fingerprint density at radius 2 is 1.79 bits per heavy atom. The molecule has 4 aliphatic rings. The van der Waals surface area contributed by atoms with Crippen LogP contribution in [-0.2, 0) is 0 Å². The van der Waals surface area contributed by atoms with Gasteiger partial charge in [-0.2, -0.15) is 5.10 Å². The highest BCUT2D eigenvalue weighted by Gasteiger charge is 2.71. The van der Waals surface area contributed by atoms with Crippen LogP contribution in [0.15, 0.2) is 10.1 Å². The van der Waals surface area contributed by atoms with Crippen LogP contribution >= 0.6 is 0 Å². The highest BCUT2D eigenvalue weighted by Crippen LogP contribution is 2.69. The summed E-state index contributed by atoms with van der Waals surface area (Å²) in [6.07, 6.45) is 9.09. The molecule has 6 N–H and O–H groups in total. The summed E-state index contributed by atoms with van der Waals surface area (Å²) in [7, 11) is 1.57. The zero-order chi connectivity index (χ0) is 21.1. The van der Waals surface area contributed by atoms with Gasteiger partial charge >= 0.3 is 0 Å². The van der Waals surface area contributed by atoms with Crippen molar-refractivity contribution in [3.8, 4) is 0 Å². The van der Waals surface area contributed by atoms with Crippen LogP contribution in [-0.4, -0.2) is 51.8 Å². The standard InChI is InChI=1S/C22H38N4O3/c1-19-8-6-15(27)12-14(19)4-5-17-16(19)7-9-20(2)21(28,10-11-22(17,20)29)13-25-26-18(23)24-3/h13-17,27-29H,4-12H2,1-3H3,(H3,23,24,26)/b25-13+/t14-,15+,16+,17-,19+,20-,21+,22+/m1/s1. The van der Waals surface area contributed by atoms with E-state index in [1.54, 1.807) is 7.05 Å². The largest absolute Gasteiger partial charge is 0.393 e. The van der Waals surface area contributed by atoms with E-state index < -0.39 is 16.6 Å². The quantitative estimate of drug-likeness (QED) is 0.272. The lowest BCUT2D eigenvalue weighted by atomic mass is 9.43. The van der Waals surface area contributed by atoms with E-state index in [1.807, 2.05) is 6.92 Å². The molecule has 0 aromatic carbocycles. The predicted octanol–water partition coefficient (Wildman–Crippen LogP) is 1.76. The molecule has 0 bridgehead atoms. The van der Waals surface area contributed by atoms with Crippen molar-refractivity contribution in [3.05, 3.63) is 0 Å². The summed E-state index contributed by atoms with van der Waals surface area (Å²) < 4.78 is 0. The summed E-state index contributed by atoms with van der Waals surface area (Å²) in [6.45, 7) is 4.43. The Morgan fingerprint density at radius 3 is 2.52 bits per heavy atom. The van der Waals surface area contributed by atoms with Crippen molar-refractivity contribution in [2.24, 2.45) is 44.4 Å². The summed E-state index contributed by atoms with van der Waals surface area (Å²) in [5.41, 5.74) is 5.76. The molecule has 0 unspecified atom stereocenters. The number of hydrazone groups is 1.